The summed E-state index contributed by atoms with van der Waals surface area (Å²) < 4.78 is 0. The number of hydrogen-bond donors (Lipinski definition) is 2. The topological polar surface area (TPSA) is 91.4 Å². The summed E-state index contributed by atoms with van der Waals surface area (Å²) in [6.07, 6.45) is 7.23. The van der Waals surface area contributed by atoms with E-state index in [1.165, 1.54) is 18.3 Å². The van der Waals surface area contributed by atoms with Crippen molar-refractivity contribution in [1.82, 2.24) is 4.98 Å². The summed E-state index contributed by atoms with van der Waals surface area (Å²) in [5.41, 5.74) is 1.13. The van der Waals surface area contributed by atoms with E-state index in [1.54, 1.807) is 42.4 Å². The number of aromatic nitrogens is 1. The third kappa shape index (κ3) is 5.89. The second-order valence-electron chi connectivity index (χ2n) is 7.97. The molecule has 0 spiro atoms. The van der Waals surface area contributed by atoms with Gasteiger partial charge in [0, 0.05) is 49.8 Å². The van der Waals surface area contributed by atoms with E-state index in [4.69, 9.17) is 0 Å². The Morgan fingerprint density at radius 3 is 2.23 bits per heavy atom. The lowest BCUT2D eigenvalue weighted by atomic mass is 9.69. The number of anilines is 3. The second kappa shape index (κ2) is 9.84. The van der Waals surface area contributed by atoms with Gasteiger partial charge in [-0.3, -0.25) is 14.4 Å². The van der Waals surface area contributed by atoms with Gasteiger partial charge in [0.05, 0.1) is 0 Å². The first-order chi connectivity index (χ1) is 14.4. The van der Waals surface area contributed by atoms with Crippen LogP contribution in [0.2, 0.25) is 0 Å². The molecule has 2 N–H and O–H groups in total. The van der Waals surface area contributed by atoms with Crippen LogP contribution < -0.4 is 15.5 Å². The molecule has 0 aliphatic heterocycles. The predicted molar refractivity (Wildman–Crippen MR) is 120 cm³/mol. The number of carbonyl (C=O) groups is 3. The molecule has 3 rings (SSSR count). The molecule has 1 heterocycles. The molecule has 3 amide bonds. The third-order valence-electron chi connectivity index (χ3n) is 5.67. The normalized spacial score (nSPS) is 15.3. The first-order valence-electron chi connectivity index (χ1n) is 10.2. The highest BCUT2D eigenvalue weighted by Gasteiger charge is 2.36. The molecule has 0 atom stereocenters. The largest absolute Gasteiger partial charge is 0.326 e. The molecule has 1 saturated carbocycles. The van der Waals surface area contributed by atoms with Gasteiger partial charge in [0.15, 0.2) is 5.13 Å². The van der Waals surface area contributed by atoms with E-state index in [0.717, 1.165) is 37.8 Å². The summed E-state index contributed by atoms with van der Waals surface area (Å²) in [5.74, 6) is -0.232. The minimum atomic E-state index is -0.321. The molecule has 1 aliphatic rings. The standard InChI is InChI=1S/C22H28N4O3S/c1-16(27)26(2)18-8-6-17(7-9-18)24-19(28)14-22(10-4-3-5-11-22)15-20(29)25-21-23-12-13-30-21/h6-9,12-13H,3-5,10-11,14-15H2,1-2H3,(H,24,28)(H,23,25,29). The van der Waals surface area contributed by atoms with Crippen molar-refractivity contribution < 1.29 is 14.4 Å². The Balaban J connectivity index is 1.62. The van der Waals surface area contributed by atoms with E-state index >= 15 is 0 Å². The summed E-state index contributed by atoms with van der Waals surface area (Å²) >= 11 is 1.39. The zero-order chi connectivity index (χ0) is 21.6. The van der Waals surface area contributed by atoms with E-state index in [9.17, 15) is 14.4 Å². The van der Waals surface area contributed by atoms with Gasteiger partial charge in [-0.25, -0.2) is 4.98 Å². The Bertz CT molecular complexity index is 874. The van der Waals surface area contributed by atoms with E-state index in [-0.39, 0.29) is 23.1 Å². The fourth-order valence-electron chi connectivity index (χ4n) is 4.00. The van der Waals surface area contributed by atoms with Crippen molar-refractivity contribution in [3.05, 3.63) is 35.8 Å². The number of hydrogen-bond acceptors (Lipinski definition) is 5. The predicted octanol–water partition coefficient (Wildman–Crippen LogP) is 4.43. The summed E-state index contributed by atoms with van der Waals surface area (Å²) in [5, 5.41) is 8.20. The van der Waals surface area contributed by atoms with E-state index in [1.807, 2.05) is 5.38 Å². The molecular formula is C22H28N4O3S. The van der Waals surface area contributed by atoms with E-state index < -0.39 is 0 Å². The molecule has 160 valence electrons. The SMILES string of the molecule is CC(=O)N(C)c1ccc(NC(=O)CC2(CC(=O)Nc3nccs3)CCCCC2)cc1. The van der Waals surface area contributed by atoms with Gasteiger partial charge in [-0.2, -0.15) is 0 Å². The number of nitrogens with one attached hydrogen (secondary N) is 2. The second-order valence-corrected chi connectivity index (χ2v) is 8.87. The van der Waals surface area contributed by atoms with E-state index in [2.05, 4.69) is 15.6 Å². The van der Waals surface area contributed by atoms with Crippen LogP contribution >= 0.6 is 11.3 Å². The molecule has 0 saturated heterocycles. The molecular weight excluding hydrogens is 400 g/mol. The highest BCUT2D eigenvalue weighted by molar-refractivity contribution is 7.13. The van der Waals surface area contributed by atoms with Crippen LogP contribution in [0.1, 0.15) is 51.9 Å². The number of benzene rings is 1. The number of carbonyl (C=O) groups excluding carboxylic acids is 3. The number of nitrogens with zero attached hydrogens (tertiary/aromatic N) is 2. The quantitative estimate of drug-likeness (QED) is 0.682. The van der Waals surface area contributed by atoms with Gasteiger partial charge in [-0.1, -0.05) is 19.3 Å². The first-order valence-corrected chi connectivity index (χ1v) is 11.1. The zero-order valence-electron chi connectivity index (χ0n) is 17.4. The minimum absolute atomic E-state index is 0.0537. The zero-order valence-corrected chi connectivity index (χ0v) is 18.3. The molecule has 0 bridgehead atoms. The summed E-state index contributed by atoms with van der Waals surface area (Å²) in [4.78, 5) is 42.5. The summed E-state index contributed by atoms with van der Waals surface area (Å²) in [6.45, 7) is 1.50. The molecule has 1 aliphatic carbocycles. The fourth-order valence-corrected chi connectivity index (χ4v) is 4.55. The molecule has 0 unspecified atom stereocenters. The smallest absolute Gasteiger partial charge is 0.226 e. The monoisotopic (exact) mass is 428 g/mol. The van der Waals surface area contributed by atoms with Crippen molar-refractivity contribution in [2.75, 3.05) is 22.6 Å². The van der Waals surface area contributed by atoms with Gasteiger partial charge in [-0.15, -0.1) is 11.3 Å². The van der Waals surface area contributed by atoms with Crippen LogP contribution in [-0.4, -0.2) is 29.8 Å². The Labute approximate surface area is 180 Å². The molecule has 2 aromatic rings. The summed E-state index contributed by atoms with van der Waals surface area (Å²) in [7, 11) is 1.71. The highest BCUT2D eigenvalue weighted by atomic mass is 32.1. The van der Waals surface area contributed by atoms with Crippen LogP contribution in [0.4, 0.5) is 16.5 Å². The maximum absolute atomic E-state index is 12.8. The fraction of sp³-hybridized carbons (Fsp3) is 0.455. The molecule has 1 aromatic heterocycles. The molecule has 30 heavy (non-hydrogen) atoms. The average molecular weight is 429 g/mol. The van der Waals surface area contributed by atoms with Crippen LogP contribution in [0, 0.1) is 5.41 Å². The van der Waals surface area contributed by atoms with Gasteiger partial charge in [0.25, 0.3) is 0 Å². The lowest BCUT2D eigenvalue weighted by molar-refractivity contribution is -0.122. The third-order valence-corrected chi connectivity index (χ3v) is 6.36. The van der Waals surface area contributed by atoms with Crippen LogP contribution in [0.3, 0.4) is 0 Å². The Morgan fingerprint density at radius 2 is 1.67 bits per heavy atom. The van der Waals surface area contributed by atoms with Crippen LogP contribution in [-0.2, 0) is 14.4 Å². The van der Waals surface area contributed by atoms with Gasteiger partial charge < -0.3 is 15.5 Å². The maximum atomic E-state index is 12.8. The van der Waals surface area contributed by atoms with Crippen molar-refractivity contribution in [3.8, 4) is 0 Å². The maximum Gasteiger partial charge on any atom is 0.226 e. The van der Waals surface area contributed by atoms with Gasteiger partial charge >= 0.3 is 0 Å². The van der Waals surface area contributed by atoms with Crippen LogP contribution in [0.15, 0.2) is 35.8 Å². The van der Waals surface area contributed by atoms with E-state index in [0.29, 0.717) is 23.7 Å². The molecule has 1 fully saturated rings. The van der Waals surface area contributed by atoms with Gasteiger partial charge in [0.1, 0.15) is 0 Å². The Morgan fingerprint density at radius 1 is 1.03 bits per heavy atom. The summed E-state index contributed by atoms with van der Waals surface area (Å²) in [6, 6.07) is 7.18. The lowest BCUT2D eigenvalue weighted by Gasteiger charge is -2.36. The van der Waals surface area contributed by atoms with Crippen molar-refractivity contribution in [3.63, 3.8) is 0 Å². The van der Waals surface area contributed by atoms with Crippen molar-refractivity contribution >= 4 is 45.6 Å². The van der Waals surface area contributed by atoms with Crippen molar-refractivity contribution in [1.29, 1.82) is 0 Å². The number of thiazole rings is 1. The number of amides is 3. The Kier molecular flexibility index (Phi) is 7.20. The first kappa shape index (κ1) is 22.0. The average Bonchev–Trinajstić information content (AvgIpc) is 3.21. The van der Waals surface area contributed by atoms with Crippen LogP contribution in [0.5, 0.6) is 0 Å². The number of rotatable bonds is 7. The molecule has 8 heteroatoms. The van der Waals surface area contributed by atoms with Crippen molar-refractivity contribution in [2.24, 2.45) is 5.41 Å². The molecule has 1 aromatic carbocycles. The Hall–Kier alpha value is -2.74. The van der Waals surface area contributed by atoms with Crippen molar-refractivity contribution in [2.45, 2.75) is 51.9 Å². The molecule has 0 radical (unpaired) electrons. The molecule has 7 nitrogen and oxygen atoms in total. The van der Waals surface area contributed by atoms with Gasteiger partial charge in [-0.05, 0) is 42.5 Å². The minimum Gasteiger partial charge on any atom is -0.326 e. The van der Waals surface area contributed by atoms with Gasteiger partial charge in [0.2, 0.25) is 17.7 Å². The highest BCUT2D eigenvalue weighted by Crippen LogP contribution is 2.42. The lowest BCUT2D eigenvalue weighted by Crippen LogP contribution is -2.34. The van der Waals surface area contributed by atoms with Crippen LogP contribution in [0.25, 0.3) is 0 Å².